The molecule has 0 aliphatic rings. The Morgan fingerprint density at radius 3 is 1.00 bits per heavy atom. The summed E-state index contributed by atoms with van der Waals surface area (Å²) in [5.41, 5.74) is 0. The Labute approximate surface area is 84.5 Å². The van der Waals surface area contributed by atoms with Gasteiger partial charge in [-0.05, 0) is 0 Å². The van der Waals surface area contributed by atoms with Gasteiger partial charge in [-0.3, -0.25) is 0 Å². The van der Waals surface area contributed by atoms with Crippen LogP contribution in [-0.2, 0) is 0 Å². The summed E-state index contributed by atoms with van der Waals surface area (Å²) in [4.78, 5) is 0. The van der Waals surface area contributed by atoms with Crippen molar-refractivity contribution in [2.24, 2.45) is 0 Å². The quantitative estimate of drug-likeness (QED) is 0.414. The zero-order valence-electron chi connectivity index (χ0n) is 1.78. The van der Waals surface area contributed by atoms with Gasteiger partial charge < -0.3 is 5.48 Å². The van der Waals surface area contributed by atoms with Crippen LogP contribution in [0, 0.1) is 35.6 Å². The van der Waals surface area contributed by atoms with Gasteiger partial charge in [-0.25, -0.2) is 0 Å². The van der Waals surface area contributed by atoms with Gasteiger partial charge >= 0.3 is 45.1 Å². The molecule has 4 heavy (non-hydrogen) atoms. The van der Waals surface area contributed by atoms with Crippen molar-refractivity contribution < 1.29 is 41.1 Å². The molecule has 0 heterocycles. The maximum atomic E-state index is 0. The number of rotatable bonds is 0. The van der Waals surface area contributed by atoms with Gasteiger partial charge in [-0.15, -0.1) is 0 Å². The van der Waals surface area contributed by atoms with Crippen LogP contribution < -0.4 is 0 Å². The molecule has 1 nitrogen and oxygen atoms in total. The summed E-state index contributed by atoms with van der Waals surface area (Å²) in [6, 6.07) is 0. The predicted octanol–water partition coefficient (Wildman–Crippen LogP) is -2.66. The molecule has 0 saturated carbocycles. The van der Waals surface area contributed by atoms with E-state index in [-0.39, 0.29) is 86.1 Å². The van der Waals surface area contributed by atoms with E-state index in [9.17, 15) is 0 Å². The third kappa shape index (κ3) is 8.82. The van der Waals surface area contributed by atoms with Gasteiger partial charge in [0, 0.05) is 35.6 Å². The SMILES string of the molecule is O.[BiH3].[La].[LiH]. The van der Waals surface area contributed by atoms with Crippen LogP contribution in [0.25, 0.3) is 0 Å². The molecule has 21 valence electrons. The van der Waals surface area contributed by atoms with Crippen LogP contribution in [0.2, 0.25) is 0 Å². The second-order valence-electron chi connectivity index (χ2n) is 0. The summed E-state index contributed by atoms with van der Waals surface area (Å²) in [5, 5.41) is 0. The molecule has 0 spiro atoms. The summed E-state index contributed by atoms with van der Waals surface area (Å²) < 4.78 is 0. The molecule has 0 fully saturated rings. The zero-order valence-corrected chi connectivity index (χ0v) is 10.9. The van der Waals surface area contributed by atoms with Crippen LogP contribution in [0.5, 0.6) is 0 Å². The van der Waals surface area contributed by atoms with Crippen molar-refractivity contribution in [2.75, 3.05) is 0 Å². The van der Waals surface area contributed by atoms with E-state index < -0.39 is 0 Å². The fourth-order valence-electron chi connectivity index (χ4n) is 0. The predicted molar refractivity (Wildman–Crippen MR) is 20.7 cm³/mol. The van der Waals surface area contributed by atoms with E-state index in [1.807, 2.05) is 0 Å². The normalized spacial score (nSPS) is 0. The second kappa shape index (κ2) is 17.4. The van der Waals surface area contributed by atoms with Gasteiger partial charge in [0.1, 0.15) is 0 Å². The molecule has 0 atom stereocenters. The van der Waals surface area contributed by atoms with E-state index >= 15 is 0 Å². The summed E-state index contributed by atoms with van der Waals surface area (Å²) in [5.74, 6) is 0. The molecule has 2 N–H and O–H groups in total. The molecule has 0 aromatic carbocycles. The summed E-state index contributed by atoms with van der Waals surface area (Å²) in [6.45, 7) is 0. The molecule has 0 aromatic rings. The summed E-state index contributed by atoms with van der Waals surface area (Å²) in [7, 11) is 0. The fourth-order valence-corrected chi connectivity index (χ4v) is 0. The zero-order chi connectivity index (χ0) is 0. The average Bonchev–Trinajstić information content (AvgIpc) is 0. The van der Waals surface area contributed by atoms with Gasteiger partial charge in [0.05, 0.1) is 0 Å². The van der Waals surface area contributed by atoms with E-state index in [0.29, 0.717) is 0 Å². The topological polar surface area (TPSA) is 31.5 Å². The first-order valence-corrected chi connectivity index (χ1v) is 0. The molecule has 0 amide bonds. The summed E-state index contributed by atoms with van der Waals surface area (Å²) >= 11 is 0. The molecule has 0 saturated heterocycles. The van der Waals surface area contributed by atoms with Crippen LogP contribution in [0.1, 0.15) is 0 Å². The van der Waals surface area contributed by atoms with E-state index in [0.717, 1.165) is 0 Å². The molecule has 0 unspecified atom stereocenters. The van der Waals surface area contributed by atoms with Gasteiger partial charge in [-0.2, -0.15) is 0 Å². The molecule has 0 rings (SSSR count). The van der Waals surface area contributed by atoms with Crippen molar-refractivity contribution in [3.8, 4) is 0 Å². The fraction of sp³-hybridized carbons (Fsp3) is 0. The number of hydrogen-bond acceptors (Lipinski definition) is 0. The molecule has 0 aromatic heterocycles. The Bertz CT molecular complexity index is 8.00. The Hall–Kier alpha value is 2.64. The van der Waals surface area contributed by atoms with Crippen molar-refractivity contribution in [1.29, 1.82) is 0 Å². The molecule has 0 aliphatic carbocycles. The van der Waals surface area contributed by atoms with E-state index in [1.54, 1.807) is 0 Å². The van der Waals surface area contributed by atoms with Gasteiger partial charge in [-0.1, -0.05) is 0 Å². The molecular weight excluding hydrogens is 371 g/mol. The van der Waals surface area contributed by atoms with Crippen LogP contribution in [0.4, 0.5) is 0 Å². The number of hydrogen-bond donors (Lipinski definition) is 0. The van der Waals surface area contributed by atoms with E-state index in [4.69, 9.17) is 0 Å². The van der Waals surface area contributed by atoms with Crippen molar-refractivity contribution in [3.63, 3.8) is 0 Å². The minimum absolute atomic E-state index is 0. The van der Waals surface area contributed by atoms with Gasteiger partial charge in [0.25, 0.3) is 0 Å². The third-order valence-corrected chi connectivity index (χ3v) is 0. The average molecular weight is 377 g/mol. The van der Waals surface area contributed by atoms with Crippen molar-refractivity contribution in [2.45, 2.75) is 0 Å². The first-order valence-electron chi connectivity index (χ1n) is 0. The minimum atomic E-state index is 0. The first kappa shape index (κ1) is 30.3. The van der Waals surface area contributed by atoms with Crippen LogP contribution in [0.3, 0.4) is 0 Å². The van der Waals surface area contributed by atoms with Crippen molar-refractivity contribution in [1.82, 2.24) is 0 Å². The van der Waals surface area contributed by atoms with Gasteiger partial charge in [0.15, 0.2) is 0 Å². The Balaban J connectivity index is 0. The van der Waals surface area contributed by atoms with Crippen LogP contribution in [0.15, 0.2) is 0 Å². The second-order valence-corrected chi connectivity index (χ2v) is 0. The maximum absolute atomic E-state index is 0. The van der Waals surface area contributed by atoms with Crippen molar-refractivity contribution in [3.05, 3.63) is 0 Å². The summed E-state index contributed by atoms with van der Waals surface area (Å²) in [6.07, 6.45) is 0. The van der Waals surface area contributed by atoms with E-state index in [2.05, 4.69) is 0 Å². The molecule has 0 bridgehead atoms. The monoisotopic (exact) mass is 377 g/mol. The first-order chi connectivity index (χ1) is 0. The van der Waals surface area contributed by atoms with Gasteiger partial charge in [0.2, 0.25) is 0 Å². The molecule has 0 aliphatic heterocycles. The van der Waals surface area contributed by atoms with Crippen LogP contribution >= 0.6 is 0 Å². The molecule has 1 radical (unpaired) electrons. The Kier molecular flexibility index (Phi) is 132. The standard InChI is InChI=1S/Bi.La.Li.H2O.4H/h;;;1H2;;;;. The Morgan fingerprint density at radius 2 is 1.00 bits per heavy atom. The van der Waals surface area contributed by atoms with Crippen LogP contribution in [-0.4, -0.2) is 50.5 Å². The Morgan fingerprint density at radius 1 is 1.00 bits per heavy atom. The molecular formula is H6BiLaLiO. The third-order valence-electron chi connectivity index (χ3n) is 0. The van der Waals surface area contributed by atoms with Crippen molar-refractivity contribution >= 4 is 45.1 Å². The van der Waals surface area contributed by atoms with E-state index in [1.165, 1.54) is 0 Å². The molecule has 4 heteroatoms.